The molecule has 1 atom stereocenters. The van der Waals surface area contributed by atoms with Crippen LogP contribution in [0.2, 0.25) is 0 Å². The van der Waals surface area contributed by atoms with Gasteiger partial charge in [-0.15, -0.1) is 0 Å². The van der Waals surface area contributed by atoms with E-state index >= 15 is 0 Å². The van der Waals surface area contributed by atoms with Crippen molar-refractivity contribution in [1.82, 2.24) is 15.3 Å². The summed E-state index contributed by atoms with van der Waals surface area (Å²) in [4.78, 5) is 32.3. The van der Waals surface area contributed by atoms with Gasteiger partial charge in [-0.3, -0.25) is 14.6 Å². The van der Waals surface area contributed by atoms with Crippen molar-refractivity contribution in [2.24, 2.45) is 0 Å². The van der Waals surface area contributed by atoms with E-state index in [0.717, 1.165) is 18.2 Å². The van der Waals surface area contributed by atoms with Crippen molar-refractivity contribution in [3.8, 4) is 0 Å². The lowest BCUT2D eigenvalue weighted by atomic mass is 9.88. The number of alkyl halides is 3. The standard InChI is InChI=1S/C18H20F4N4O2/c1-5-17(2,11-7-6-10(8-12(11)19)18(20,21)22)25-15(28)13-9-14(27)24-16(23-13)26(3)4/h6-9H,5H2,1-4H3,(H,25,28)(H,23,24,27)/t17-/m0/s1. The Kier molecular flexibility index (Phi) is 5.81. The first-order chi connectivity index (χ1) is 12.9. The fourth-order valence-electron chi connectivity index (χ4n) is 2.57. The molecule has 1 aromatic heterocycles. The van der Waals surface area contributed by atoms with Gasteiger partial charge in [0.2, 0.25) is 5.95 Å². The first-order valence-corrected chi connectivity index (χ1v) is 8.36. The summed E-state index contributed by atoms with van der Waals surface area (Å²) in [5.41, 5.74) is -3.28. The molecule has 1 aromatic carbocycles. The zero-order chi connectivity index (χ0) is 21.3. The molecule has 0 radical (unpaired) electrons. The number of amides is 1. The molecule has 0 aliphatic heterocycles. The number of anilines is 1. The fourth-order valence-corrected chi connectivity index (χ4v) is 2.57. The Morgan fingerprint density at radius 1 is 1.25 bits per heavy atom. The van der Waals surface area contributed by atoms with Gasteiger partial charge in [-0.25, -0.2) is 9.37 Å². The Bertz CT molecular complexity index is 940. The van der Waals surface area contributed by atoms with E-state index in [2.05, 4.69) is 15.3 Å². The number of benzene rings is 1. The number of hydrogen-bond acceptors (Lipinski definition) is 4. The van der Waals surface area contributed by atoms with E-state index in [1.807, 2.05) is 0 Å². The van der Waals surface area contributed by atoms with Gasteiger partial charge < -0.3 is 10.2 Å². The van der Waals surface area contributed by atoms with E-state index in [9.17, 15) is 27.2 Å². The minimum absolute atomic E-state index is 0.103. The molecule has 2 aromatic rings. The lowest BCUT2D eigenvalue weighted by molar-refractivity contribution is -0.137. The van der Waals surface area contributed by atoms with Crippen molar-refractivity contribution in [3.63, 3.8) is 0 Å². The molecule has 6 nitrogen and oxygen atoms in total. The Balaban J connectivity index is 2.40. The number of hydrogen-bond donors (Lipinski definition) is 2. The normalized spacial score (nSPS) is 13.7. The largest absolute Gasteiger partial charge is 0.416 e. The molecule has 2 rings (SSSR count). The molecule has 10 heteroatoms. The first-order valence-electron chi connectivity index (χ1n) is 8.36. The zero-order valence-corrected chi connectivity index (χ0v) is 15.7. The maximum absolute atomic E-state index is 14.4. The SMILES string of the molecule is CC[C@](C)(NC(=O)c1cc(=O)[nH]c(N(C)C)n1)c1ccc(C(F)(F)F)cc1F. The zero-order valence-electron chi connectivity index (χ0n) is 15.7. The number of nitrogens with one attached hydrogen (secondary N) is 2. The van der Waals surface area contributed by atoms with Crippen LogP contribution in [0.5, 0.6) is 0 Å². The average Bonchev–Trinajstić information content (AvgIpc) is 2.59. The Morgan fingerprint density at radius 3 is 2.39 bits per heavy atom. The molecule has 0 saturated heterocycles. The van der Waals surface area contributed by atoms with Gasteiger partial charge in [0, 0.05) is 25.7 Å². The van der Waals surface area contributed by atoms with Crippen molar-refractivity contribution in [2.45, 2.75) is 32.0 Å². The second kappa shape index (κ2) is 7.61. The van der Waals surface area contributed by atoms with Gasteiger partial charge in [0.25, 0.3) is 11.5 Å². The lowest BCUT2D eigenvalue weighted by Gasteiger charge is -2.31. The summed E-state index contributed by atoms with van der Waals surface area (Å²) in [6.07, 6.45) is -4.49. The summed E-state index contributed by atoms with van der Waals surface area (Å²) in [6, 6.07) is 3.14. The number of halogens is 4. The van der Waals surface area contributed by atoms with Gasteiger partial charge in [0.05, 0.1) is 11.1 Å². The molecule has 0 aliphatic rings. The van der Waals surface area contributed by atoms with Crippen molar-refractivity contribution in [1.29, 1.82) is 0 Å². The van der Waals surface area contributed by atoms with Crippen LogP contribution >= 0.6 is 0 Å². The summed E-state index contributed by atoms with van der Waals surface area (Å²) in [7, 11) is 3.24. The topological polar surface area (TPSA) is 78.1 Å². The van der Waals surface area contributed by atoms with Crippen LogP contribution in [0.1, 0.15) is 41.9 Å². The summed E-state index contributed by atoms with van der Waals surface area (Å²) >= 11 is 0. The number of carbonyl (C=O) groups is 1. The van der Waals surface area contributed by atoms with E-state index in [1.54, 1.807) is 21.0 Å². The Morgan fingerprint density at radius 2 is 1.89 bits per heavy atom. The molecule has 0 bridgehead atoms. The summed E-state index contributed by atoms with van der Waals surface area (Å²) in [6.45, 7) is 3.13. The number of H-pyrrole nitrogens is 1. The van der Waals surface area contributed by atoms with Gasteiger partial charge in [-0.2, -0.15) is 13.2 Å². The number of aromatic nitrogens is 2. The van der Waals surface area contributed by atoms with Crippen LogP contribution in [0.4, 0.5) is 23.5 Å². The average molecular weight is 400 g/mol. The van der Waals surface area contributed by atoms with Crippen LogP contribution in [0.3, 0.4) is 0 Å². The molecule has 1 amide bonds. The second-order valence-electron chi connectivity index (χ2n) is 6.68. The third-order valence-corrected chi connectivity index (χ3v) is 4.37. The quantitative estimate of drug-likeness (QED) is 0.757. The lowest BCUT2D eigenvalue weighted by Crippen LogP contribution is -2.44. The van der Waals surface area contributed by atoms with Gasteiger partial charge >= 0.3 is 6.18 Å². The minimum atomic E-state index is -4.68. The van der Waals surface area contributed by atoms with E-state index < -0.39 is 34.6 Å². The van der Waals surface area contributed by atoms with Crippen LogP contribution in [-0.2, 0) is 11.7 Å². The Labute approximate surface area is 158 Å². The molecule has 0 saturated carbocycles. The monoisotopic (exact) mass is 400 g/mol. The maximum atomic E-state index is 14.4. The summed E-state index contributed by atoms with van der Waals surface area (Å²) < 4.78 is 52.7. The number of aromatic amines is 1. The van der Waals surface area contributed by atoms with Gasteiger partial charge in [-0.1, -0.05) is 13.0 Å². The third-order valence-electron chi connectivity index (χ3n) is 4.37. The van der Waals surface area contributed by atoms with Crippen LogP contribution in [-0.4, -0.2) is 30.0 Å². The highest BCUT2D eigenvalue weighted by molar-refractivity contribution is 5.93. The van der Waals surface area contributed by atoms with Crippen molar-refractivity contribution < 1.29 is 22.4 Å². The van der Waals surface area contributed by atoms with Gasteiger partial charge in [-0.05, 0) is 25.5 Å². The summed E-state index contributed by atoms with van der Waals surface area (Å²) in [5.74, 6) is -1.69. The second-order valence-corrected chi connectivity index (χ2v) is 6.68. The van der Waals surface area contributed by atoms with Crippen LogP contribution in [0.15, 0.2) is 29.1 Å². The minimum Gasteiger partial charge on any atom is -0.348 e. The Hall–Kier alpha value is -2.91. The van der Waals surface area contributed by atoms with E-state index in [1.165, 1.54) is 11.8 Å². The number of rotatable bonds is 5. The number of nitrogens with zero attached hydrogens (tertiary/aromatic N) is 2. The molecule has 152 valence electrons. The smallest absolute Gasteiger partial charge is 0.348 e. The molecule has 0 unspecified atom stereocenters. The van der Waals surface area contributed by atoms with Crippen molar-refractivity contribution in [3.05, 3.63) is 57.3 Å². The molecular weight excluding hydrogens is 380 g/mol. The van der Waals surface area contributed by atoms with Gasteiger partial charge in [0.15, 0.2) is 0 Å². The first kappa shape index (κ1) is 21.4. The maximum Gasteiger partial charge on any atom is 0.416 e. The highest BCUT2D eigenvalue weighted by atomic mass is 19.4. The predicted octanol–water partition coefficient (Wildman–Crippen LogP) is 3.05. The van der Waals surface area contributed by atoms with E-state index in [0.29, 0.717) is 6.07 Å². The molecule has 0 fully saturated rings. The van der Waals surface area contributed by atoms with Crippen LogP contribution in [0, 0.1) is 5.82 Å². The predicted molar refractivity (Wildman–Crippen MR) is 95.7 cm³/mol. The molecule has 0 spiro atoms. The highest BCUT2D eigenvalue weighted by Gasteiger charge is 2.35. The molecule has 2 N–H and O–H groups in total. The summed E-state index contributed by atoms with van der Waals surface area (Å²) in [5, 5.41) is 2.57. The third kappa shape index (κ3) is 4.49. The van der Waals surface area contributed by atoms with Crippen molar-refractivity contribution in [2.75, 3.05) is 19.0 Å². The molecular formula is C18H20F4N4O2. The number of carbonyl (C=O) groups excluding carboxylic acids is 1. The van der Waals surface area contributed by atoms with Crippen LogP contribution in [0.25, 0.3) is 0 Å². The van der Waals surface area contributed by atoms with E-state index in [-0.39, 0.29) is 23.6 Å². The van der Waals surface area contributed by atoms with Crippen LogP contribution < -0.4 is 15.8 Å². The van der Waals surface area contributed by atoms with E-state index in [4.69, 9.17) is 0 Å². The molecule has 28 heavy (non-hydrogen) atoms. The van der Waals surface area contributed by atoms with Crippen molar-refractivity contribution >= 4 is 11.9 Å². The van der Waals surface area contributed by atoms with Gasteiger partial charge in [0.1, 0.15) is 11.5 Å². The highest BCUT2D eigenvalue weighted by Crippen LogP contribution is 2.34. The fraction of sp³-hybridized carbons (Fsp3) is 0.389. The molecule has 0 aliphatic carbocycles. The molecule has 1 heterocycles.